The highest BCUT2D eigenvalue weighted by atomic mass is 16.5. The molecule has 0 aromatic carbocycles. The van der Waals surface area contributed by atoms with E-state index in [1.807, 2.05) is 0 Å². The first-order valence-electron chi connectivity index (χ1n) is 5.58. The van der Waals surface area contributed by atoms with E-state index in [-0.39, 0.29) is 11.4 Å². The number of nitrogens with zero attached hydrogens (tertiary/aromatic N) is 2. The highest BCUT2D eigenvalue weighted by Gasteiger charge is 2.37. The largest absolute Gasteiger partial charge is 0.477 e. The Morgan fingerprint density at radius 2 is 2.22 bits per heavy atom. The third-order valence-electron chi connectivity index (χ3n) is 3.15. The molecule has 1 aliphatic heterocycles. The average Bonchev–Trinajstić information content (AvgIpc) is 2.39. The van der Waals surface area contributed by atoms with Gasteiger partial charge in [-0.1, -0.05) is 0 Å². The molecule has 0 unspecified atom stereocenters. The van der Waals surface area contributed by atoms with E-state index >= 15 is 0 Å². The van der Waals surface area contributed by atoms with Crippen LogP contribution in [0.25, 0.3) is 0 Å². The number of ether oxygens (including phenoxy) is 2. The molecule has 7 nitrogen and oxygen atoms in total. The molecule has 18 heavy (non-hydrogen) atoms. The van der Waals surface area contributed by atoms with Crippen molar-refractivity contribution in [1.29, 1.82) is 0 Å². The molecule has 0 radical (unpaired) electrons. The van der Waals surface area contributed by atoms with Gasteiger partial charge in [0.1, 0.15) is 17.0 Å². The van der Waals surface area contributed by atoms with Gasteiger partial charge in [-0.15, -0.1) is 0 Å². The zero-order valence-electron chi connectivity index (χ0n) is 10.0. The standard InChI is InChI=1S/C11H15N3O4/c1-17-11(2-4-18-5-3-11)10-13-6-7(9(15)16)8(12)14-10/h6H,2-5H2,1H3,(H,15,16)(H2,12,13,14). The van der Waals surface area contributed by atoms with Gasteiger partial charge in [-0.05, 0) is 0 Å². The van der Waals surface area contributed by atoms with Crippen LogP contribution < -0.4 is 5.73 Å². The highest BCUT2D eigenvalue weighted by molar-refractivity contribution is 5.92. The zero-order chi connectivity index (χ0) is 13.2. The first-order valence-corrected chi connectivity index (χ1v) is 5.58. The van der Waals surface area contributed by atoms with Crippen molar-refractivity contribution in [3.8, 4) is 0 Å². The summed E-state index contributed by atoms with van der Waals surface area (Å²) < 4.78 is 10.8. The van der Waals surface area contributed by atoms with Gasteiger partial charge >= 0.3 is 5.97 Å². The lowest BCUT2D eigenvalue weighted by Crippen LogP contribution is -2.37. The fraction of sp³-hybridized carbons (Fsp3) is 0.545. The summed E-state index contributed by atoms with van der Waals surface area (Å²) in [6, 6.07) is 0. The summed E-state index contributed by atoms with van der Waals surface area (Å²) in [6.07, 6.45) is 2.46. The lowest BCUT2D eigenvalue weighted by molar-refractivity contribution is -0.0999. The molecular weight excluding hydrogens is 238 g/mol. The summed E-state index contributed by atoms with van der Waals surface area (Å²) in [5.41, 5.74) is 4.89. The Morgan fingerprint density at radius 1 is 1.56 bits per heavy atom. The second-order valence-corrected chi connectivity index (χ2v) is 4.11. The van der Waals surface area contributed by atoms with Crippen LogP contribution in [0.15, 0.2) is 6.20 Å². The van der Waals surface area contributed by atoms with Crippen molar-refractivity contribution in [3.63, 3.8) is 0 Å². The number of aromatic nitrogens is 2. The fourth-order valence-electron chi connectivity index (χ4n) is 2.00. The molecule has 1 saturated heterocycles. The Bertz CT molecular complexity index is 458. The minimum atomic E-state index is -1.14. The molecule has 1 fully saturated rings. The summed E-state index contributed by atoms with van der Waals surface area (Å²) in [5.74, 6) is -0.774. The number of nitrogens with two attached hydrogens (primary N) is 1. The van der Waals surface area contributed by atoms with Crippen LogP contribution in [0.4, 0.5) is 5.82 Å². The van der Waals surface area contributed by atoms with Gasteiger partial charge in [0.05, 0.1) is 0 Å². The van der Waals surface area contributed by atoms with E-state index in [2.05, 4.69) is 9.97 Å². The normalized spacial score (nSPS) is 18.5. The van der Waals surface area contributed by atoms with Crippen molar-refractivity contribution < 1.29 is 19.4 Å². The van der Waals surface area contributed by atoms with Crippen molar-refractivity contribution in [1.82, 2.24) is 9.97 Å². The number of rotatable bonds is 3. The van der Waals surface area contributed by atoms with Crippen molar-refractivity contribution in [2.75, 3.05) is 26.1 Å². The lowest BCUT2D eigenvalue weighted by Gasteiger charge is -2.34. The Kier molecular flexibility index (Phi) is 3.44. The van der Waals surface area contributed by atoms with Crippen molar-refractivity contribution >= 4 is 11.8 Å². The van der Waals surface area contributed by atoms with E-state index < -0.39 is 11.6 Å². The van der Waals surface area contributed by atoms with Crippen LogP contribution in [-0.4, -0.2) is 41.4 Å². The van der Waals surface area contributed by atoms with Gasteiger partial charge in [-0.25, -0.2) is 14.8 Å². The number of carboxylic acid groups (broad SMARTS) is 1. The van der Waals surface area contributed by atoms with Crippen LogP contribution in [-0.2, 0) is 15.1 Å². The molecule has 2 rings (SSSR count). The molecule has 2 heterocycles. The zero-order valence-corrected chi connectivity index (χ0v) is 10.0. The third-order valence-corrected chi connectivity index (χ3v) is 3.15. The molecule has 0 amide bonds. The van der Waals surface area contributed by atoms with Gasteiger partial charge < -0.3 is 20.3 Å². The molecule has 0 bridgehead atoms. The quantitative estimate of drug-likeness (QED) is 0.803. The third kappa shape index (κ3) is 2.14. The Morgan fingerprint density at radius 3 is 2.72 bits per heavy atom. The minimum Gasteiger partial charge on any atom is -0.477 e. The van der Waals surface area contributed by atoms with Gasteiger partial charge in [0, 0.05) is 39.4 Å². The van der Waals surface area contributed by atoms with E-state index in [1.54, 1.807) is 7.11 Å². The predicted molar refractivity (Wildman–Crippen MR) is 62.1 cm³/mol. The first-order chi connectivity index (χ1) is 8.59. The number of aromatic carboxylic acids is 1. The molecule has 1 aromatic heterocycles. The summed E-state index contributed by atoms with van der Waals surface area (Å²) in [7, 11) is 1.58. The van der Waals surface area contributed by atoms with Gasteiger partial charge in [-0.3, -0.25) is 0 Å². The topological polar surface area (TPSA) is 108 Å². The van der Waals surface area contributed by atoms with Crippen molar-refractivity contribution in [2.24, 2.45) is 0 Å². The van der Waals surface area contributed by atoms with Crippen LogP contribution in [0, 0.1) is 0 Å². The molecule has 0 saturated carbocycles. The maximum absolute atomic E-state index is 10.8. The van der Waals surface area contributed by atoms with E-state index in [0.29, 0.717) is 31.9 Å². The van der Waals surface area contributed by atoms with E-state index in [1.165, 1.54) is 6.20 Å². The second-order valence-electron chi connectivity index (χ2n) is 4.11. The molecule has 0 aliphatic carbocycles. The van der Waals surface area contributed by atoms with Crippen LogP contribution in [0.1, 0.15) is 29.0 Å². The van der Waals surface area contributed by atoms with E-state index in [0.717, 1.165) is 0 Å². The molecule has 1 aromatic rings. The van der Waals surface area contributed by atoms with Gasteiger partial charge in [0.15, 0.2) is 5.82 Å². The number of hydrogen-bond acceptors (Lipinski definition) is 6. The van der Waals surface area contributed by atoms with Crippen molar-refractivity contribution in [2.45, 2.75) is 18.4 Å². The lowest BCUT2D eigenvalue weighted by atomic mass is 9.93. The number of carbonyl (C=O) groups is 1. The number of anilines is 1. The molecule has 0 spiro atoms. The monoisotopic (exact) mass is 253 g/mol. The molecular formula is C11H15N3O4. The SMILES string of the molecule is COC1(c2ncc(C(=O)O)c(N)n2)CCOCC1. The summed E-state index contributed by atoms with van der Waals surface area (Å²) in [5, 5.41) is 8.88. The van der Waals surface area contributed by atoms with Crippen molar-refractivity contribution in [3.05, 3.63) is 17.6 Å². The summed E-state index contributed by atoms with van der Waals surface area (Å²) >= 11 is 0. The average molecular weight is 253 g/mol. The van der Waals surface area contributed by atoms with Gasteiger partial charge in [0.25, 0.3) is 0 Å². The molecule has 7 heteroatoms. The number of hydrogen-bond donors (Lipinski definition) is 2. The number of methoxy groups -OCH3 is 1. The van der Waals surface area contributed by atoms with Crippen LogP contribution >= 0.6 is 0 Å². The molecule has 98 valence electrons. The number of carboxylic acids is 1. The summed E-state index contributed by atoms with van der Waals surface area (Å²) in [4.78, 5) is 19.0. The first kappa shape index (κ1) is 12.7. The van der Waals surface area contributed by atoms with Crippen LogP contribution in [0.3, 0.4) is 0 Å². The molecule has 1 aliphatic rings. The predicted octanol–water partition coefficient (Wildman–Crippen LogP) is 0.409. The summed E-state index contributed by atoms with van der Waals surface area (Å²) in [6.45, 7) is 1.11. The van der Waals surface area contributed by atoms with E-state index in [9.17, 15) is 4.79 Å². The Hall–Kier alpha value is -1.73. The Labute approximate surface area is 104 Å². The minimum absolute atomic E-state index is 0.0459. The van der Waals surface area contributed by atoms with Gasteiger partial charge in [0.2, 0.25) is 0 Å². The smallest absolute Gasteiger partial charge is 0.341 e. The maximum Gasteiger partial charge on any atom is 0.341 e. The highest BCUT2D eigenvalue weighted by Crippen LogP contribution is 2.33. The van der Waals surface area contributed by atoms with E-state index in [4.69, 9.17) is 20.3 Å². The van der Waals surface area contributed by atoms with Crippen LogP contribution in [0.2, 0.25) is 0 Å². The van der Waals surface area contributed by atoms with Crippen LogP contribution in [0.5, 0.6) is 0 Å². The Balaban J connectivity index is 2.37. The molecule has 0 atom stereocenters. The number of nitrogen functional groups attached to an aromatic ring is 1. The fourth-order valence-corrected chi connectivity index (χ4v) is 2.00. The van der Waals surface area contributed by atoms with Gasteiger partial charge in [-0.2, -0.15) is 0 Å². The second kappa shape index (κ2) is 4.87. The molecule has 3 N–H and O–H groups in total. The maximum atomic E-state index is 10.8.